The molecule has 0 saturated carbocycles. The molecule has 28 heavy (non-hydrogen) atoms. The fourth-order valence-corrected chi connectivity index (χ4v) is 4.50. The third-order valence-corrected chi connectivity index (χ3v) is 6.09. The number of thiazole rings is 1. The van der Waals surface area contributed by atoms with E-state index in [0.717, 1.165) is 20.8 Å². The van der Waals surface area contributed by atoms with Gasteiger partial charge in [0.1, 0.15) is 10.8 Å². The zero-order valence-corrected chi connectivity index (χ0v) is 17.9. The molecule has 0 saturated heterocycles. The van der Waals surface area contributed by atoms with Crippen molar-refractivity contribution in [1.29, 1.82) is 0 Å². The Kier molecular flexibility index (Phi) is 5.35. The van der Waals surface area contributed by atoms with Crippen molar-refractivity contribution in [2.75, 3.05) is 12.4 Å². The first kappa shape index (κ1) is 18.9. The number of fused-ring (bicyclic) bond motifs is 1. The highest BCUT2D eigenvalue weighted by Crippen LogP contribution is 2.36. The van der Waals surface area contributed by atoms with Gasteiger partial charge in [0.15, 0.2) is 0 Å². The fraction of sp³-hybridized carbons (Fsp3) is 0.0476. The normalized spacial score (nSPS) is 10.8. The number of hydrogen-bond acceptors (Lipinski definition) is 4. The smallest absolute Gasteiger partial charge is 0.255 e. The molecule has 1 heterocycles. The Morgan fingerprint density at radius 3 is 2.71 bits per heavy atom. The van der Waals surface area contributed by atoms with Crippen LogP contribution in [0.4, 0.5) is 5.69 Å². The molecule has 4 aromatic rings. The van der Waals surface area contributed by atoms with Crippen LogP contribution in [-0.2, 0) is 0 Å². The first-order chi connectivity index (χ1) is 13.5. The molecular weight excluding hydrogens is 460 g/mol. The summed E-state index contributed by atoms with van der Waals surface area (Å²) in [6.07, 6.45) is 0. The van der Waals surface area contributed by atoms with Crippen molar-refractivity contribution >= 4 is 60.7 Å². The van der Waals surface area contributed by atoms with E-state index in [1.807, 2.05) is 30.3 Å². The number of methoxy groups -OCH3 is 1. The maximum atomic E-state index is 12.8. The number of nitrogens with zero attached hydrogens (tertiary/aromatic N) is 1. The number of hydrogen-bond donors (Lipinski definition) is 1. The van der Waals surface area contributed by atoms with Gasteiger partial charge in [-0.25, -0.2) is 4.98 Å². The lowest BCUT2D eigenvalue weighted by Gasteiger charge is -2.11. The van der Waals surface area contributed by atoms with Gasteiger partial charge in [0, 0.05) is 16.1 Å². The first-order valence-corrected chi connectivity index (χ1v) is 10.3. The van der Waals surface area contributed by atoms with E-state index in [-0.39, 0.29) is 5.91 Å². The highest BCUT2D eigenvalue weighted by atomic mass is 79.9. The third kappa shape index (κ3) is 3.76. The van der Waals surface area contributed by atoms with Gasteiger partial charge >= 0.3 is 0 Å². The summed E-state index contributed by atoms with van der Waals surface area (Å²) in [5, 5.41) is 4.35. The van der Waals surface area contributed by atoms with Crippen molar-refractivity contribution in [2.45, 2.75) is 0 Å². The number of rotatable bonds is 4. The van der Waals surface area contributed by atoms with Crippen LogP contribution in [0.25, 0.3) is 20.8 Å². The molecule has 0 aliphatic carbocycles. The summed E-state index contributed by atoms with van der Waals surface area (Å²) in [6.45, 7) is 0. The summed E-state index contributed by atoms with van der Waals surface area (Å²) in [5.41, 5.74) is 2.87. The summed E-state index contributed by atoms with van der Waals surface area (Å²) in [6, 6.07) is 18.5. The van der Waals surface area contributed by atoms with Crippen LogP contribution in [0, 0.1) is 0 Å². The number of carbonyl (C=O) groups is 1. The lowest BCUT2D eigenvalue weighted by Crippen LogP contribution is -2.12. The van der Waals surface area contributed by atoms with Crippen molar-refractivity contribution in [3.63, 3.8) is 0 Å². The van der Waals surface area contributed by atoms with Gasteiger partial charge in [0.25, 0.3) is 5.91 Å². The van der Waals surface area contributed by atoms with Crippen LogP contribution < -0.4 is 10.1 Å². The lowest BCUT2D eigenvalue weighted by atomic mass is 10.1. The fourth-order valence-electron chi connectivity index (χ4n) is 2.79. The molecule has 140 valence electrons. The quantitative estimate of drug-likeness (QED) is 0.361. The van der Waals surface area contributed by atoms with Gasteiger partial charge in [-0.05, 0) is 64.5 Å². The molecule has 1 aromatic heterocycles. The maximum absolute atomic E-state index is 12.8. The molecular formula is C21H14BrClN2O2S. The number of benzene rings is 3. The van der Waals surface area contributed by atoms with E-state index in [4.69, 9.17) is 16.3 Å². The predicted octanol–water partition coefficient (Wildman–Crippen LogP) is 6.64. The summed E-state index contributed by atoms with van der Waals surface area (Å²) in [4.78, 5) is 17.5. The molecule has 0 radical (unpaired) electrons. The highest BCUT2D eigenvalue weighted by Gasteiger charge is 2.15. The van der Waals surface area contributed by atoms with E-state index >= 15 is 0 Å². The predicted molar refractivity (Wildman–Crippen MR) is 119 cm³/mol. The number of aromatic nitrogens is 1. The molecule has 0 aliphatic heterocycles. The van der Waals surface area contributed by atoms with Gasteiger partial charge in [0.05, 0.1) is 27.5 Å². The second-order valence-electron chi connectivity index (χ2n) is 5.98. The monoisotopic (exact) mass is 472 g/mol. The van der Waals surface area contributed by atoms with Crippen molar-refractivity contribution in [2.24, 2.45) is 0 Å². The van der Waals surface area contributed by atoms with E-state index < -0.39 is 0 Å². The Bertz CT molecular complexity index is 1160. The zero-order valence-electron chi connectivity index (χ0n) is 14.7. The van der Waals surface area contributed by atoms with Crippen LogP contribution >= 0.6 is 38.9 Å². The topological polar surface area (TPSA) is 51.2 Å². The summed E-state index contributed by atoms with van der Waals surface area (Å²) >= 11 is 11.2. The number of anilines is 1. The molecule has 1 N–H and O–H groups in total. The molecule has 0 bridgehead atoms. The average molecular weight is 474 g/mol. The SMILES string of the molecule is COc1ccc(C(=O)Nc2ccc(Cl)cc2-c2nc3ccccc3s2)cc1Br. The minimum absolute atomic E-state index is 0.229. The zero-order chi connectivity index (χ0) is 19.7. The Balaban J connectivity index is 1.70. The van der Waals surface area contributed by atoms with E-state index in [1.165, 1.54) is 0 Å². The second-order valence-corrected chi connectivity index (χ2v) is 8.30. The molecule has 7 heteroatoms. The van der Waals surface area contributed by atoms with Gasteiger partial charge < -0.3 is 10.1 Å². The van der Waals surface area contributed by atoms with E-state index in [1.54, 1.807) is 48.8 Å². The molecule has 0 atom stereocenters. The maximum Gasteiger partial charge on any atom is 0.255 e. The molecule has 3 aromatic carbocycles. The molecule has 0 aliphatic rings. The Labute approximate surface area is 179 Å². The van der Waals surface area contributed by atoms with Crippen molar-refractivity contribution < 1.29 is 9.53 Å². The summed E-state index contributed by atoms with van der Waals surface area (Å²) < 4.78 is 7.01. The number of ether oxygens (including phenoxy) is 1. The van der Waals surface area contributed by atoms with Crippen LogP contribution in [0.1, 0.15) is 10.4 Å². The van der Waals surface area contributed by atoms with Crippen LogP contribution in [-0.4, -0.2) is 18.0 Å². The minimum Gasteiger partial charge on any atom is -0.496 e. The Morgan fingerprint density at radius 2 is 1.96 bits per heavy atom. The molecule has 1 amide bonds. The van der Waals surface area contributed by atoms with E-state index in [2.05, 4.69) is 26.2 Å². The first-order valence-electron chi connectivity index (χ1n) is 8.35. The summed E-state index contributed by atoms with van der Waals surface area (Å²) in [7, 11) is 1.58. The molecule has 0 fully saturated rings. The van der Waals surface area contributed by atoms with Gasteiger partial charge in [0.2, 0.25) is 0 Å². The van der Waals surface area contributed by atoms with Crippen LogP contribution in [0.3, 0.4) is 0 Å². The Morgan fingerprint density at radius 1 is 1.14 bits per heavy atom. The molecule has 4 rings (SSSR count). The van der Waals surface area contributed by atoms with E-state index in [9.17, 15) is 4.79 Å². The van der Waals surface area contributed by atoms with Gasteiger partial charge in [-0.3, -0.25) is 4.79 Å². The van der Waals surface area contributed by atoms with Gasteiger partial charge in [-0.15, -0.1) is 11.3 Å². The van der Waals surface area contributed by atoms with Gasteiger partial charge in [-0.2, -0.15) is 0 Å². The van der Waals surface area contributed by atoms with Crippen molar-refractivity contribution in [3.05, 3.63) is 75.7 Å². The number of carbonyl (C=O) groups excluding carboxylic acids is 1. The molecule has 4 nitrogen and oxygen atoms in total. The number of para-hydroxylation sites is 1. The van der Waals surface area contributed by atoms with Crippen LogP contribution in [0.15, 0.2) is 65.1 Å². The van der Waals surface area contributed by atoms with Gasteiger partial charge in [-0.1, -0.05) is 23.7 Å². The average Bonchev–Trinajstić information content (AvgIpc) is 3.13. The highest BCUT2D eigenvalue weighted by molar-refractivity contribution is 9.10. The van der Waals surface area contributed by atoms with Crippen molar-refractivity contribution in [1.82, 2.24) is 4.98 Å². The summed E-state index contributed by atoms with van der Waals surface area (Å²) in [5.74, 6) is 0.436. The minimum atomic E-state index is -0.229. The second kappa shape index (κ2) is 7.91. The lowest BCUT2D eigenvalue weighted by molar-refractivity contribution is 0.102. The van der Waals surface area contributed by atoms with Crippen LogP contribution in [0.2, 0.25) is 5.02 Å². The molecule has 0 unspecified atom stereocenters. The molecule has 0 spiro atoms. The van der Waals surface area contributed by atoms with Crippen LogP contribution in [0.5, 0.6) is 5.75 Å². The Hall–Kier alpha value is -2.41. The number of nitrogens with one attached hydrogen (secondary N) is 1. The number of halogens is 2. The largest absolute Gasteiger partial charge is 0.496 e. The standard InChI is InChI=1S/C21H14BrClN2O2S/c1-27-18-9-6-12(10-15(18)22)20(26)24-16-8-7-13(23)11-14(16)21-25-17-4-2-3-5-19(17)28-21/h2-11H,1H3,(H,24,26). The number of amides is 1. The van der Waals surface area contributed by atoms with Crippen molar-refractivity contribution in [3.8, 4) is 16.3 Å². The third-order valence-electron chi connectivity index (χ3n) is 4.17. The van der Waals surface area contributed by atoms with E-state index in [0.29, 0.717) is 26.5 Å².